The van der Waals surface area contributed by atoms with Gasteiger partial charge in [0.05, 0.1) is 44.3 Å². The van der Waals surface area contributed by atoms with Crippen molar-refractivity contribution in [2.75, 3.05) is 38.2 Å². The summed E-state index contributed by atoms with van der Waals surface area (Å²) in [5, 5.41) is 20.6. The normalized spacial score (nSPS) is 16.8. The Hall–Kier alpha value is -3.50. The molecule has 0 radical (unpaired) electrons. The largest absolute Gasteiger partial charge is 0.505 e. The van der Waals surface area contributed by atoms with Crippen molar-refractivity contribution in [1.29, 1.82) is 5.26 Å². The van der Waals surface area contributed by atoms with E-state index in [1.165, 1.54) is 4.90 Å². The number of methoxy groups -OCH3 is 1. The number of aliphatic hydroxyl groups excluding tert-OH is 1. The second-order valence-electron chi connectivity index (χ2n) is 7.54. The minimum Gasteiger partial charge on any atom is -0.505 e. The highest BCUT2D eigenvalue weighted by molar-refractivity contribution is 5.82. The molecule has 1 fully saturated rings. The number of hydrogen-bond donors (Lipinski definition) is 3. The van der Waals surface area contributed by atoms with Crippen LogP contribution >= 0.6 is 0 Å². The molecule has 0 unspecified atom stereocenters. The summed E-state index contributed by atoms with van der Waals surface area (Å²) in [6.45, 7) is 5.42. The predicted molar refractivity (Wildman–Crippen MR) is 117 cm³/mol. The van der Waals surface area contributed by atoms with E-state index >= 15 is 0 Å². The zero-order chi connectivity index (χ0) is 21.1. The van der Waals surface area contributed by atoms with E-state index in [0.717, 1.165) is 48.6 Å². The summed E-state index contributed by atoms with van der Waals surface area (Å²) in [5.74, 6) is 1.35. The second kappa shape index (κ2) is 8.47. The molecule has 3 N–H and O–H groups in total. The molecule has 1 atom stereocenters. The lowest BCUT2D eigenvalue weighted by atomic mass is 10.1. The summed E-state index contributed by atoms with van der Waals surface area (Å²) >= 11 is 0. The highest BCUT2D eigenvalue weighted by Crippen LogP contribution is 2.22. The summed E-state index contributed by atoms with van der Waals surface area (Å²) in [4.78, 5) is 11.2. The van der Waals surface area contributed by atoms with Crippen LogP contribution in [-0.4, -0.2) is 54.4 Å². The fourth-order valence-corrected chi connectivity index (χ4v) is 4.00. The molecule has 2 heterocycles. The van der Waals surface area contributed by atoms with Crippen molar-refractivity contribution >= 4 is 22.3 Å². The van der Waals surface area contributed by atoms with E-state index < -0.39 is 0 Å². The number of para-hydroxylation sites is 2. The molecular formula is C23H26N5O2+. The molecular weight excluding hydrogens is 378 g/mol. The van der Waals surface area contributed by atoms with Gasteiger partial charge in [-0.3, -0.25) is 0 Å². The number of benzene rings is 2. The Bertz CT molecular complexity index is 1070. The van der Waals surface area contributed by atoms with Crippen molar-refractivity contribution in [3.63, 3.8) is 0 Å². The van der Waals surface area contributed by atoms with E-state index in [9.17, 15) is 10.4 Å². The van der Waals surface area contributed by atoms with Crippen LogP contribution in [0.5, 0.6) is 5.75 Å². The summed E-state index contributed by atoms with van der Waals surface area (Å²) in [5.41, 5.74) is 2.97. The first-order valence-corrected chi connectivity index (χ1v) is 10.1. The van der Waals surface area contributed by atoms with E-state index in [4.69, 9.17) is 4.74 Å². The molecule has 4 rings (SSSR count). The van der Waals surface area contributed by atoms with Crippen LogP contribution in [0, 0.1) is 11.3 Å². The third-order valence-electron chi connectivity index (χ3n) is 5.84. The van der Waals surface area contributed by atoms with Crippen LogP contribution in [0.25, 0.3) is 16.6 Å². The number of fused-ring (bicyclic) bond motifs is 1. The monoisotopic (exact) mass is 404 g/mol. The molecule has 154 valence electrons. The average Bonchev–Trinajstić information content (AvgIpc) is 3.23. The van der Waals surface area contributed by atoms with Crippen molar-refractivity contribution in [3.05, 3.63) is 60.1 Å². The highest BCUT2D eigenvalue weighted by Gasteiger charge is 2.30. The van der Waals surface area contributed by atoms with Gasteiger partial charge in [-0.1, -0.05) is 18.2 Å². The number of aliphatic hydroxyl groups is 1. The summed E-state index contributed by atoms with van der Waals surface area (Å²) in [7, 11) is 1.67. The highest BCUT2D eigenvalue weighted by atomic mass is 16.5. The van der Waals surface area contributed by atoms with Crippen LogP contribution in [0.4, 0.5) is 5.69 Å². The Morgan fingerprint density at radius 1 is 1.23 bits per heavy atom. The zero-order valence-corrected chi connectivity index (χ0v) is 17.2. The number of aromatic amines is 1. The molecule has 1 aliphatic heterocycles. The first-order chi connectivity index (χ1) is 14.6. The first-order valence-electron chi connectivity index (χ1n) is 10.1. The van der Waals surface area contributed by atoms with Gasteiger partial charge in [-0.05, 0) is 31.2 Å². The van der Waals surface area contributed by atoms with Gasteiger partial charge in [-0.2, -0.15) is 5.26 Å². The van der Waals surface area contributed by atoms with E-state index in [-0.39, 0.29) is 17.4 Å². The topological polar surface area (TPSA) is 89.6 Å². The molecule has 0 spiro atoms. The fraction of sp³-hybridized carbons (Fsp3) is 0.304. The van der Waals surface area contributed by atoms with Gasteiger partial charge in [0.2, 0.25) is 0 Å². The Kier molecular flexibility index (Phi) is 5.59. The number of ether oxygens (including phenoxy) is 1. The van der Waals surface area contributed by atoms with Crippen molar-refractivity contribution in [1.82, 2.24) is 9.97 Å². The Labute approximate surface area is 175 Å². The summed E-state index contributed by atoms with van der Waals surface area (Å²) in [6, 6.07) is 17.6. The van der Waals surface area contributed by atoms with Gasteiger partial charge in [-0.15, -0.1) is 0 Å². The molecule has 30 heavy (non-hydrogen) atoms. The van der Waals surface area contributed by atoms with Gasteiger partial charge >= 0.3 is 0 Å². The molecule has 7 nitrogen and oxygen atoms in total. The summed E-state index contributed by atoms with van der Waals surface area (Å²) < 4.78 is 5.33. The lowest BCUT2D eigenvalue weighted by Crippen LogP contribution is -3.18. The number of nitrogens with one attached hydrogen (secondary N) is 2. The van der Waals surface area contributed by atoms with Crippen LogP contribution in [0.3, 0.4) is 0 Å². The molecule has 1 aromatic heterocycles. The number of allylic oxidation sites excluding steroid dienone is 1. The minimum atomic E-state index is -0.194. The second-order valence-corrected chi connectivity index (χ2v) is 7.54. The number of anilines is 1. The van der Waals surface area contributed by atoms with E-state index in [2.05, 4.69) is 27.0 Å². The third-order valence-corrected chi connectivity index (χ3v) is 5.84. The predicted octanol–water partition coefficient (Wildman–Crippen LogP) is 2.16. The van der Waals surface area contributed by atoms with E-state index in [0.29, 0.717) is 5.82 Å². The molecule has 0 saturated carbocycles. The SMILES string of the molecule is COc1cccc(N2CC[NH+]([C@@H](C)/C(O)=C(\C#N)c3nc4ccccc4[nH]3)CC2)c1. The van der Waals surface area contributed by atoms with E-state index in [1.54, 1.807) is 7.11 Å². The number of quaternary nitrogens is 1. The molecule has 2 aromatic carbocycles. The lowest BCUT2D eigenvalue weighted by molar-refractivity contribution is -0.919. The average molecular weight is 404 g/mol. The van der Waals surface area contributed by atoms with Crippen LogP contribution in [0.1, 0.15) is 12.7 Å². The van der Waals surface area contributed by atoms with Gasteiger partial charge in [0.15, 0.2) is 11.6 Å². The van der Waals surface area contributed by atoms with Gasteiger partial charge in [0, 0.05) is 11.8 Å². The first kappa shape index (κ1) is 19.8. The molecule has 3 aromatic rings. The van der Waals surface area contributed by atoms with Gasteiger partial charge in [-0.25, -0.2) is 4.98 Å². The Balaban J connectivity index is 1.49. The zero-order valence-electron chi connectivity index (χ0n) is 17.2. The third kappa shape index (κ3) is 3.82. The number of rotatable bonds is 5. The maximum atomic E-state index is 10.9. The number of nitriles is 1. The lowest BCUT2D eigenvalue weighted by Gasteiger charge is -2.36. The summed E-state index contributed by atoms with van der Waals surface area (Å²) in [6.07, 6.45) is 0. The van der Waals surface area contributed by atoms with Crippen molar-refractivity contribution in [2.24, 2.45) is 0 Å². The van der Waals surface area contributed by atoms with Crippen LogP contribution in [0.2, 0.25) is 0 Å². The van der Waals surface area contributed by atoms with Crippen molar-refractivity contribution < 1.29 is 14.7 Å². The number of hydrogen-bond acceptors (Lipinski definition) is 5. The number of aromatic nitrogens is 2. The van der Waals surface area contributed by atoms with Crippen molar-refractivity contribution in [2.45, 2.75) is 13.0 Å². The standard InChI is InChI=1S/C23H25N5O2/c1-16(22(29)19(15-24)23-25-20-8-3-4-9-21(20)26-23)27-10-12-28(13-11-27)17-6-5-7-18(14-17)30-2/h3-9,14,16,29H,10-13H2,1-2H3,(H,25,26)/p+1/b22-19-/t16-/m0/s1. The molecule has 1 aliphatic rings. The maximum absolute atomic E-state index is 10.9. The number of H-pyrrole nitrogens is 1. The number of piperazine rings is 1. The van der Waals surface area contributed by atoms with Crippen molar-refractivity contribution in [3.8, 4) is 11.8 Å². The van der Waals surface area contributed by atoms with Crippen LogP contribution in [-0.2, 0) is 0 Å². The van der Waals surface area contributed by atoms with Crippen LogP contribution in [0.15, 0.2) is 54.3 Å². The molecule has 0 bridgehead atoms. The van der Waals surface area contributed by atoms with Gasteiger partial charge in [0.25, 0.3) is 0 Å². The molecule has 0 amide bonds. The van der Waals surface area contributed by atoms with Gasteiger partial charge < -0.3 is 24.6 Å². The maximum Gasteiger partial charge on any atom is 0.172 e. The molecule has 0 aliphatic carbocycles. The Morgan fingerprint density at radius 3 is 2.70 bits per heavy atom. The van der Waals surface area contributed by atoms with Crippen LogP contribution < -0.4 is 14.5 Å². The van der Waals surface area contributed by atoms with E-state index in [1.807, 2.05) is 49.4 Å². The minimum absolute atomic E-state index is 0.0846. The smallest absolute Gasteiger partial charge is 0.172 e. The Morgan fingerprint density at radius 2 is 2.00 bits per heavy atom. The number of imidazole rings is 1. The molecule has 7 heteroatoms. The van der Waals surface area contributed by atoms with Gasteiger partial charge in [0.1, 0.15) is 23.4 Å². The quantitative estimate of drug-likeness (QED) is 0.448. The molecule has 1 saturated heterocycles. The number of nitrogens with zero attached hydrogens (tertiary/aromatic N) is 3. The fourth-order valence-electron chi connectivity index (χ4n) is 4.00.